The Hall–Kier alpha value is -0.420. The van der Waals surface area contributed by atoms with Crippen LogP contribution in [0.1, 0.15) is 22.9 Å². The van der Waals surface area contributed by atoms with E-state index < -0.39 is 0 Å². The molecule has 1 aromatic rings. The van der Waals surface area contributed by atoms with Crippen LogP contribution in [-0.2, 0) is 14.9 Å². The quantitative estimate of drug-likeness (QED) is 0.607. The molecule has 0 aliphatic carbocycles. The summed E-state index contributed by atoms with van der Waals surface area (Å²) in [4.78, 5) is 15.3. The zero-order valence-corrected chi connectivity index (χ0v) is 8.89. The van der Waals surface area contributed by atoms with Crippen molar-refractivity contribution in [1.29, 1.82) is 0 Å². The highest BCUT2D eigenvalue weighted by molar-refractivity contribution is 9.08. The number of aromatic nitrogens is 1. The monoisotopic (exact) mass is 249 g/mol. The zero-order valence-electron chi connectivity index (χ0n) is 6.49. The summed E-state index contributed by atoms with van der Waals surface area (Å²) in [6.07, 6.45) is 1.54. The Labute approximate surface area is 82.9 Å². The van der Waals surface area contributed by atoms with E-state index in [2.05, 4.69) is 20.9 Å². The van der Waals surface area contributed by atoms with E-state index in [0.717, 1.165) is 15.2 Å². The summed E-state index contributed by atoms with van der Waals surface area (Å²) in [5.74, 6) is 0. The highest BCUT2D eigenvalue weighted by Gasteiger charge is 2.09. The first-order chi connectivity index (χ1) is 5.77. The van der Waals surface area contributed by atoms with Gasteiger partial charge in [-0.3, -0.25) is 4.79 Å². The van der Waals surface area contributed by atoms with Crippen molar-refractivity contribution in [2.45, 2.75) is 18.4 Å². The molecule has 0 aliphatic rings. The molecule has 0 radical (unpaired) electrons. The lowest BCUT2D eigenvalue weighted by molar-refractivity contribution is -0.133. The molecule has 1 rings (SSSR count). The van der Waals surface area contributed by atoms with Crippen LogP contribution in [0.15, 0.2) is 6.20 Å². The van der Waals surface area contributed by atoms with E-state index in [0.29, 0.717) is 6.47 Å². The largest absolute Gasteiger partial charge is 0.457 e. The van der Waals surface area contributed by atoms with E-state index in [9.17, 15) is 4.79 Å². The molecule has 0 amide bonds. The third-order valence-electron chi connectivity index (χ3n) is 1.31. The van der Waals surface area contributed by atoms with Crippen molar-refractivity contribution in [2.24, 2.45) is 0 Å². The summed E-state index contributed by atoms with van der Waals surface area (Å²) < 4.78 is 4.74. The van der Waals surface area contributed by atoms with Gasteiger partial charge >= 0.3 is 0 Å². The molecule has 1 unspecified atom stereocenters. The Kier molecular flexibility index (Phi) is 3.68. The molecular weight excluding hydrogens is 242 g/mol. The number of nitrogens with zero attached hydrogens (tertiary/aromatic N) is 1. The number of rotatable bonds is 4. The normalized spacial score (nSPS) is 12.5. The average molecular weight is 250 g/mol. The summed E-state index contributed by atoms with van der Waals surface area (Å²) in [6.45, 7) is 2.24. The lowest BCUT2D eigenvalue weighted by Gasteiger charge is -2.03. The van der Waals surface area contributed by atoms with Crippen LogP contribution in [0.5, 0.6) is 0 Å². The third-order valence-corrected chi connectivity index (χ3v) is 3.44. The number of hydrogen-bond acceptors (Lipinski definition) is 4. The SMILES string of the molecule is CC(OC=O)c1ncc(CBr)s1. The molecule has 1 aromatic heterocycles. The molecule has 0 aromatic carbocycles. The van der Waals surface area contributed by atoms with Crippen LogP contribution in [0.25, 0.3) is 0 Å². The van der Waals surface area contributed by atoms with Crippen molar-refractivity contribution in [3.63, 3.8) is 0 Å². The van der Waals surface area contributed by atoms with Crippen LogP contribution >= 0.6 is 27.3 Å². The molecule has 1 heterocycles. The molecule has 5 heteroatoms. The Morgan fingerprint density at radius 3 is 3.17 bits per heavy atom. The van der Waals surface area contributed by atoms with Crippen molar-refractivity contribution in [3.8, 4) is 0 Å². The van der Waals surface area contributed by atoms with Gasteiger partial charge in [-0.25, -0.2) is 4.98 Å². The number of alkyl halides is 1. The molecule has 0 saturated carbocycles. The molecule has 0 fully saturated rings. The number of carbonyl (C=O) groups excluding carboxylic acids is 1. The van der Waals surface area contributed by atoms with Crippen LogP contribution in [0.4, 0.5) is 0 Å². The standard InChI is InChI=1S/C7H8BrNO2S/c1-5(11-4-10)7-9-3-6(2-8)12-7/h3-5H,2H2,1H3. The van der Waals surface area contributed by atoms with Gasteiger partial charge in [0.25, 0.3) is 6.47 Å². The molecule has 0 N–H and O–H groups in total. The molecule has 0 aliphatic heterocycles. The van der Waals surface area contributed by atoms with Gasteiger partial charge in [-0.1, -0.05) is 15.9 Å². The average Bonchev–Trinajstić information content (AvgIpc) is 2.52. The van der Waals surface area contributed by atoms with Gasteiger partial charge in [-0.15, -0.1) is 11.3 Å². The maximum absolute atomic E-state index is 10.0. The number of carbonyl (C=O) groups is 1. The van der Waals surface area contributed by atoms with Crippen LogP contribution in [0.3, 0.4) is 0 Å². The topological polar surface area (TPSA) is 39.2 Å². The Balaban J connectivity index is 2.67. The van der Waals surface area contributed by atoms with E-state index in [-0.39, 0.29) is 6.10 Å². The molecule has 0 saturated heterocycles. The predicted molar refractivity (Wildman–Crippen MR) is 50.3 cm³/mol. The van der Waals surface area contributed by atoms with Gasteiger partial charge in [-0.05, 0) is 6.92 Å². The van der Waals surface area contributed by atoms with E-state index in [1.807, 2.05) is 0 Å². The van der Waals surface area contributed by atoms with Gasteiger partial charge in [0.05, 0.1) is 0 Å². The zero-order chi connectivity index (χ0) is 8.97. The van der Waals surface area contributed by atoms with E-state index in [4.69, 9.17) is 4.74 Å². The number of hydrogen-bond donors (Lipinski definition) is 0. The lowest BCUT2D eigenvalue weighted by Crippen LogP contribution is -1.96. The maximum atomic E-state index is 10.0. The summed E-state index contributed by atoms with van der Waals surface area (Å²) in [5.41, 5.74) is 0. The second-order valence-electron chi connectivity index (χ2n) is 2.17. The molecule has 66 valence electrons. The van der Waals surface area contributed by atoms with E-state index >= 15 is 0 Å². The summed E-state index contributed by atoms with van der Waals surface area (Å²) in [6, 6.07) is 0. The summed E-state index contributed by atoms with van der Waals surface area (Å²) in [5, 5.41) is 1.62. The van der Waals surface area contributed by atoms with Crippen LogP contribution in [0, 0.1) is 0 Å². The van der Waals surface area contributed by atoms with Gasteiger partial charge in [-0.2, -0.15) is 0 Å². The lowest BCUT2D eigenvalue weighted by atomic mass is 10.4. The van der Waals surface area contributed by atoms with Crippen molar-refractivity contribution in [2.75, 3.05) is 0 Å². The molecule has 1 atom stereocenters. The minimum atomic E-state index is -0.236. The van der Waals surface area contributed by atoms with E-state index in [1.165, 1.54) is 11.3 Å². The van der Waals surface area contributed by atoms with E-state index in [1.54, 1.807) is 13.1 Å². The van der Waals surface area contributed by atoms with Gasteiger partial charge in [0.2, 0.25) is 0 Å². The van der Waals surface area contributed by atoms with Crippen molar-refractivity contribution < 1.29 is 9.53 Å². The van der Waals surface area contributed by atoms with Crippen molar-refractivity contribution >= 4 is 33.7 Å². The summed E-state index contributed by atoms with van der Waals surface area (Å²) in [7, 11) is 0. The number of ether oxygens (including phenoxy) is 1. The van der Waals surface area contributed by atoms with Crippen LogP contribution in [-0.4, -0.2) is 11.5 Å². The minimum absolute atomic E-state index is 0.236. The fourth-order valence-corrected chi connectivity index (χ4v) is 1.96. The second kappa shape index (κ2) is 4.57. The second-order valence-corrected chi connectivity index (χ2v) is 3.88. The number of thiazole rings is 1. The van der Waals surface area contributed by atoms with Crippen molar-refractivity contribution in [1.82, 2.24) is 4.98 Å². The first kappa shape index (κ1) is 9.67. The number of halogens is 1. The molecular formula is C7H8BrNO2S. The Bertz CT molecular complexity index is 264. The van der Waals surface area contributed by atoms with Gasteiger partial charge < -0.3 is 4.74 Å². The highest BCUT2D eigenvalue weighted by Crippen LogP contribution is 2.23. The first-order valence-electron chi connectivity index (χ1n) is 3.37. The Morgan fingerprint density at radius 1 is 1.92 bits per heavy atom. The molecule has 3 nitrogen and oxygen atoms in total. The van der Waals surface area contributed by atoms with Gasteiger partial charge in [0.15, 0.2) is 0 Å². The van der Waals surface area contributed by atoms with Gasteiger partial charge in [0.1, 0.15) is 11.1 Å². The molecule has 12 heavy (non-hydrogen) atoms. The molecule has 0 bridgehead atoms. The smallest absolute Gasteiger partial charge is 0.293 e. The highest BCUT2D eigenvalue weighted by atomic mass is 79.9. The first-order valence-corrected chi connectivity index (χ1v) is 5.31. The molecule has 0 spiro atoms. The van der Waals surface area contributed by atoms with Gasteiger partial charge in [0, 0.05) is 16.4 Å². The van der Waals surface area contributed by atoms with Crippen LogP contribution < -0.4 is 0 Å². The predicted octanol–water partition coefficient (Wildman–Crippen LogP) is 2.27. The fraction of sp³-hybridized carbons (Fsp3) is 0.429. The minimum Gasteiger partial charge on any atom is -0.457 e. The fourth-order valence-electron chi connectivity index (χ4n) is 0.714. The van der Waals surface area contributed by atoms with Crippen molar-refractivity contribution in [3.05, 3.63) is 16.1 Å². The van der Waals surface area contributed by atoms with Crippen LogP contribution in [0.2, 0.25) is 0 Å². The maximum Gasteiger partial charge on any atom is 0.293 e. The summed E-state index contributed by atoms with van der Waals surface area (Å²) >= 11 is 4.86. The Morgan fingerprint density at radius 2 is 2.67 bits per heavy atom. The third kappa shape index (κ3) is 2.28.